The molecule has 3 N–H and O–H groups in total. The van der Waals surface area contributed by atoms with E-state index in [4.69, 9.17) is 5.11 Å². The Balaban J connectivity index is 2.52. The maximum Gasteiger partial charge on any atom is 0.223 e. The normalized spacial score (nSPS) is 12.3. The lowest BCUT2D eigenvalue weighted by Gasteiger charge is -2.19. The first-order valence-corrected chi connectivity index (χ1v) is 6.80. The monoisotopic (exact) mass is 339 g/mol. The first kappa shape index (κ1) is 14.8. The molecule has 1 atom stereocenters. The van der Waals surface area contributed by atoms with Crippen LogP contribution in [0.2, 0.25) is 0 Å². The molecule has 1 unspecified atom stereocenters. The molecule has 6 heteroatoms. The Morgan fingerprint density at radius 2 is 1.85 bits per heavy atom. The molecule has 1 aromatic heterocycles. The Bertz CT molecular complexity index is 651. The van der Waals surface area contributed by atoms with Crippen LogP contribution in [0.5, 0.6) is 5.75 Å². The quantitative estimate of drug-likeness (QED) is 0.786. The van der Waals surface area contributed by atoms with E-state index in [-0.39, 0.29) is 18.8 Å². The highest BCUT2D eigenvalue weighted by atomic mass is 79.9. The van der Waals surface area contributed by atoms with Gasteiger partial charge in [-0.05, 0) is 17.7 Å². The molecular weight excluding hydrogens is 326 g/mol. The number of aliphatic hydroxyl groups excluding tert-OH is 2. The van der Waals surface area contributed by atoms with Gasteiger partial charge in [0.2, 0.25) is 5.43 Å². The summed E-state index contributed by atoms with van der Waals surface area (Å²) in [5.74, 6) is -0.503. The van der Waals surface area contributed by atoms with Gasteiger partial charge in [0, 0.05) is 23.3 Å². The lowest BCUT2D eigenvalue weighted by Crippen LogP contribution is -2.18. The third kappa shape index (κ3) is 2.92. The highest BCUT2D eigenvalue weighted by molar-refractivity contribution is 9.10. The van der Waals surface area contributed by atoms with E-state index in [2.05, 4.69) is 15.9 Å². The average Bonchev–Trinajstić information content (AvgIpc) is 2.44. The number of hydrogen-bond donors (Lipinski definition) is 3. The number of pyridine rings is 1. The second-order valence-corrected chi connectivity index (χ2v) is 5.20. The zero-order valence-electron chi connectivity index (χ0n) is 10.5. The number of aliphatic hydroxyl groups is 2. The van der Waals surface area contributed by atoms with Gasteiger partial charge in [0.15, 0.2) is 5.75 Å². The fourth-order valence-corrected chi connectivity index (χ4v) is 2.24. The van der Waals surface area contributed by atoms with Crippen molar-refractivity contribution in [1.29, 1.82) is 0 Å². The van der Waals surface area contributed by atoms with Crippen LogP contribution < -0.4 is 5.43 Å². The van der Waals surface area contributed by atoms with E-state index in [9.17, 15) is 15.0 Å². The van der Waals surface area contributed by atoms with Crippen molar-refractivity contribution in [2.45, 2.75) is 12.6 Å². The molecule has 0 amide bonds. The zero-order valence-corrected chi connectivity index (χ0v) is 12.1. The van der Waals surface area contributed by atoms with Gasteiger partial charge in [-0.25, -0.2) is 0 Å². The number of aromatic hydroxyl groups is 1. The van der Waals surface area contributed by atoms with Gasteiger partial charge in [-0.1, -0.05) is 28.1 Å². The van der Waals surface area contributed by atoms with Crippen LogP contribution in [0.1, 0.15) is 17.4 Å². The molecule has 0 spiro atoms. The van der Waals surface area contributed by atoms with E-state index < -0.39 is 17.3 Å². The predicted octanol–water partition coefficient (Wildman–Crippen LogP) is 1.39. The van der Waals surface area contributed by atoms with Crippen LogP contribution in [0.15, 0.2) is 45.8 Å². The first-order valence-electron chi connectivity index (χ1n) is 6.01. The minimum atomic E-state index is -1.15. The standard InChI is InChI=1S/C14H14BrNO4/c15-10-3-1-9(2-4-10)13(19)12-14(20)11(18)5-6-16(12)7-8-17/h1-6,13,17,19-20H,7-8H2. The molecule has 0 radical (unpaired) electrons. The summed E-state index contributed by atoms with van der Waals surface area (Å²) in [6, 6.07) is 8.09. The maximum atomic E-state index is 11.5. The summed E-state index contributed by atoms with van der Waals surface area (Å²) in [6.45, 7) is 0.0130. The molecule has 20 heavy (non-hydrogen) atoms. The molecule has 1 aromatic carbocycles. The van der Waals surface area contributed by atoms with Crippen LogP contribution in [0.3, 0.4) is 0 Å². The van der Waals surface area contributed by atoms with Crippen molar-refractivity contribution in [3.05, 3.63) is 62.5 Å². The summed E-state index contributed by atoms with van der Waals surface area (Å²) in [5.41, 5.74) is 0.0556. The smallest absolute Gasteiger partial charge is 0.223 e. The van der Waals surface area contributed by atoms with Crippen LogP contribution >= 0.6 is 15.9 Å². The molecule has 0 aliphatic carbocycles. The van der Waals surface area contributed by atoms with E-state index in [1.165, 1.54) is 16.8 Å². The maximum absolute atomic E-state index is 11.5. The van der Waals surface area contributed by atoms with E-state index in [0.717, 1.165) is 4.47 Å². The number of nitrogens with zero attached hydrogens (tertiary/aromatic N) is 1. The molecule has 0 aliphatic rings. The Labute approximate surface area is 123 Å². The third-order valence-electron chi connectivity index (χ3n) is 2.98. The van der Waals surface area contributed by atoms with Crippen molar-refractivity contribution >= 4 is 15.9 Å². The van der Waals surface area contributed by atoms with Gasteiger partial charge in [0.1, 0.15) is 6.10 Å². The molecule has 2 aromatic rings. The Morgan fingerprint density at radius 3 is 2.45 bits per heavy atom. The molecule has 1 heterocycles. The third-order valence-corrected chi connectivity index (χ3v) is 3.51. The number of hydrogen-bond acceptors (Lipinski definition) is 4. The average molecular weight is 340 g/mol. The molecule has 0 aliphatic heterocycles. The molecule has 0 saturated heterocycles. The fraction of sp³-hybridized carbons (Fsp3) is 0.214. The molecule has 0 fully saturated rings. The summed E-state index contributed by atoms with van der Waals surface area (Å²) in [5, 5.41) is 29.3. The fourth-order valence-electron chi connectivity index (χ4n) is 1.97. The van der Waals surface area contributed by atoms with Crippen molar-refractivity contribution in [2.75, 3.05) is 6.61 Å². The minimum Gasteiger partial charge on any atom is -0.503 e. The Hall–Kier alpha value is -1.63. The van der Waals surface area contributed by atoms with Crippen molar-refractivity contribution < 1.29 is 15.3 Å². The van der Waals surface area contributed by atoms with E-state index in [1.54, 1.807) is 24.3 Å². The predicted molar refractivity (Wildman–Crippen MR) is 77.7 cm³/mol. The van der Waals surface area contributed by atoms with Crippen molar-refractivity contribution in [3.8, 4) is 5.75 Å². The van der Waals surface area contributed by atoms with Gasteiger partial charge in [-0.3, -0.25) is 4.79 Å². The van der Waals surface area contributed by atoms with Gasteiger partial charge < -0.3 is 19.9 Å². The minimum absolute atomic E-state index is 0.0777. The first-order chi connectivity index (χ1) is 9.54. The van der Waals surface area contributed by atoms with Crippen molar-refractivity contribution in [2.24, 2.45) is 0 Å². The summed E-state index contributed by atoms with van der Waals surface area (Å²) in [4.78, 5) is 11.5. The van der Waals surface area contributed by atoms with E-state index >= 15 is 0 Å². The molecule has 0 bridgehead atoms. The Morgan fingerprint density at radius 1 is 1.20 bits per heavy atom. The van der Waals surface area contributed by atoms with Crippen molar-refractivity contribution in [3.63, 3.8) is 0 Å². The van der Waals surface area contributed by atoms with Gasteiger partial charge in [0.05, 0.1) is 12.3 Å². The summed E-state index contributed by atoms with van der Waals surface area (Å²) in [7, 11) is 0. The van der Waals surface area contributed by atoms with Crippen LogP contribution in [0.4, 0.5) is 0 Å². The van der Waals surface area contributed by atoms with Crippen LogP contribution in [-0.2, 0) is 6.54 Å². The lowest BCUT2D eigenvalue weighted by atomic mass is 10.0. The number of benzene rings is 1. The molecular formula is C14H14BrNO4. The summed E-state index contributed by atoms with van der Waals surface area (Å²) >= 11 is 3.30. The highest BCUT2D eigenvalue weighted by Crippen LogP contribution is 2.27. The van der Waals surface area contributed by atoms with Gasteiger partial charge in [-0.15, -0.1) is 0 Å². The number of rotatable bonds is 4. The largest absolute Gasteiger partial charge is 0.503 e. The number of aromatic nitrogens is 1. The highest BCUT2D eigenvalue weighted by Gasteiger charge is 2.20. The van der Waals surface area contributed by atoms with Crippen LogP contribution in [0, 0.1) is 0 Å². The molecule has 0 saturated carbocycles. The molecule has 2 rings (SSSR count). The summed E-state index contributed by atoms with van der Waals surface area (Å²) in [6.07, 6.45) is 0.291. The molecule has 106 valence electrons. The Kier molecular flexibility index (Phi) is 4.59. The zero-order chi connectivity index (χ0) is 14.7. The van der Waals surface area contributed by atoms with E-state index in [1.807, 2.05) is 0 Å². The van der Waals surface area contributed by atoms with Crippen LogP contribution in [0.25, 0.3) is 0 Å². The van der Waals surface area contributed by atoms with Crippen molar-refractivity contribution in [1.82, 2.24) is 4.57 Å². The second-order valence-electron chi connectivity index (χ2n) is 4.28. The van der Waals surface area contributed by atoms with Gasteiger partial charge >= 0.3 is 0 Å². The SMILES string of the molecule is O=c1ccn(CCO)c(C(O)c2ccc(Br)cc2)c1O. The number of halogens is 1. The van der Waals surface area contributed by atoms with E-state index in [0.29, 0.717) is 5.56 Å². The second kappa shape index (κ2) is 6.21. The van der Waals surface area contributed by atoms with Gasteiger partial charge in [0.25, 0.3) is 0 Å². The van der Waals surface area contributed by atoms with Crippen LogP contribution in [-0.4, -0.2) is 26.5 Å². The molecule has 5 nitrogen and oxygen atoms in total. The van der Waals surface area contributed by atoms with Gasteiger partial charge in [-0.2, -0.15) is 0 Å². The topological polar surface area (TPSA) is 82.7 Å². The summed E-state index contributed by atoms with van der Waals surface area (Å²) < 4.78 is 2.32. The lowest BCUT2D eigenvalue weighted by molar-refractivity contribution is 0.197.